The normalized spacial score (nSPS) is 18.2. The molecule has 1 aliphatic rings. The fourth-order valence-electron chi connectivity index (χ4n) is 3.04. The Morgan fingerprint density at radius 1 is 0.800 bits per heavy atom. The van der Waals surface area contributed by atoms with E-state index in [1.165, 1.54) is 6.42 Å². The Balaban J connectivity index is 2.19. The van der Waals surface area contributed by atoms with Crippen molar-refractivity contribution in [3.63, 3.8) is 0 Å². The molecule has 1 fully saturated rings. The summed E-state index contributed by atoms with van der Waals surface area (Å²) in [6.07, 6.45) is 8.11. The molecular weight excluding hydrogens is 256 g/mol. The van der Waals surface area contributed by atoms with Crippen molar-refractivity contribution < 1.29 is 0 Å². The monoisotopic (exact) mass is 276 g/mol. The van der Waals surface area contributed by atoms with Crippen molar-refractivity contribution in [3.05, 3.63) is 12.4 Å². The molecule has 8 N–H and O–H groups in total. The number of nitrogens with two attached hydrogens (primary N) is 4. The van der Waals surface area contributed by atoms with E-state index in [-0.39, 0.29) is 0 Å². The molecule has 8 nitrogen and oxygen atoms in total. The number of nitrogens with zero attached hydrogens (tertiary/aromatic N) is 4. The predicted molar refractivity (Wildman–Crippen MR) is 78.6 cm³/mol. The van der Waals surface area contributed by atoms with E-state index in [1.54, 1.807) is 21.8 Å². The van der Waals surface area contributed by atoms with Gasteiger partial charge in [-0.3, -0.25) is 0 Å². The van der Waals surface area contributed by atoms with Crippen molar-refractivity contribution in [1.82, 2.24) is 19.6 Å². The second-order valence-electron chi connectivity index (χ2n) is 5.34. The van der Waals surface area contributed by atoms with Crippen molar-refractivity contribution in [3.8, 4) is 0 Å². The maximum atomic E-state index is 6.08. The molecule has 1 aliphatic carbocycles. The first-order chi connectivity index (χ1) is 9.56. The molecule has 3 rings (SSSR count). The summed E-state index contributed by atoms with van der Waals surface area (Å²) in [5, 5.41) is 8.69. The predicted octanol–water partition coefficient (Wildman–Crippen LogP) is 0.574. The summed E-state index contributed by atoms with van der Waals surface area (Å²) in [5.41, 5.74) is 24.2. The Kier molecular flexibility index (Phi) is 2.73. The molecule has 0 amide bonds. The third-order valence-corrected chi connectivity index (χ3v) is 4.12. The molecule has 0 aromatic carbocycles. The number of hydrogen-bond acceptors (Lipinski definition) is 6. The van der Waals surface area contributed by atoms with Gasteiger partial charge in [0.25, 0.3) is 0 Å². The first-order valence-electron chi connectivity index (χ1n) is 6.75. The zero-order chi connectivity index (χ0) is 14.3. The van der Waals surface area contributed by atoms with E-state index in [4.69, 9.17) is 22.9 Å². The fourth-order valence-corrected chi connectivity index (χ4v) is 3.04. The van der Waals surface area contributed by atoms with Crippen LogP contribution < -0.4 is 22.9 Å². The lowest BCUT2D eigenvalue weighted by atomic mass is 9.89. The highest BCUT2D eigenvalue weighted by molar-refractivity contribution is 5.59. The Hall–Kier alpha value is -2.38. The van der Waals surface area contributed by atoms with Gasteiger partial charge in [0, 0.05) is 0 Å². The van der Waals surface area contributed by atoms with Crippen molar-refractivity contribution in [2.24, 2.45) is 0 Å². The van der Waals surface area contributed by atoms with Gasteiger partial charge in [0.15, 0.2) is 5.66 Å². The first kappa shape index (κ1) is 12.6. The van der Waals surface area contributed by atoms with Crippen LogP contribution in [0, 0.1) is 0 Å². The van der Waals surface area contributed by atoms with E-state index in [2.05, 4.69) is 10.2 Å². The molecular formula is C12H20N8. The van der Waals surface area contributed by atoms with Gasteiger partial charge in [-0.2, -0.15) is 10.2 Å². The Morgan fingerprint density at radius 3 is 1.60 bits per heavy atom. The summed E-state index contributed by atoms with van der Waals surface area (Å²) >= 11 is 0. The average Bonchev–Trinajstić information content (AvgIpc) is 2.96. The lowest BCUT2D eigenvalue weighted by molar-refractivity contribution is 0.122. The van der Waals surface area contributed by atoms with Gasteiger partial charge in [-0.05, 0) is 25.7 Å². The largest absolute Gasteiger partial charge is 0.394 e. The zero-order valence-electron chi connectivity index (χ0n) is 11.3. The van der Waals surface area contributed by atoms with E-state index >= 15 is 0 Å². The minimum Gasteiger partial charge on any atom is -0.394 e. The highest BCUT2D eigenvalue weighted by Gasteiger charge is 2.40. The minimum atomic E-state index is -0.512. The van der Waals surface area contributed by atoms with Gasteiger partial charge in [0.1, 0.15) is 11.6 Å². The summed E-state index contributed by atoms with van der Waals surface area (Å²) in [6, 6.07) is 0. The van der Waals surface area contributed by atoms with Crippen LogP contribution in [0.2, 0.25) is 0 Å². The Bertz CT molecular complexity index is 571. The lowest BCUT2D eigenvalue weighted by Crippen LogP contribution is -2.45. The van der Waals surface area contributed by atoms with Crippen LogP contribution in [0.15, 0.2) is 12.4 Å². The van der Waals surface area contributed by atoms with Crippen LogP contribution in [-0.4, -0.2) is 19.6 Å². The molecule has 0 spiro atoms. The Morgan fingerprint density at radius 2 is 1.25 bits per heavy atom. The molecule has 2 heterocycles. The molecule has 108 valence electrons. The zero-order valence-corrected chi connectivity index (χ0v) is 11.3. The summed E-state index contributed by atoms with van der Waals surface area (Å²) in [6.45, 7) is 0. The highest BCUT2D eigenvalue weighted by Crippen LogP contribution is 2.40. The van der Waals surface area contributed by atoms with Gasteiger partial charge in [0.05, 0.1) is 23.8 Å². The lowest BCUT2D eigenvalue weighted by Gasteiger charge is -2.38. The topological polar surface area (TPSA) is 140 Å². The van der Waals surface area contributed by atoms with Crippen molar-refractivity contribution >= 4 is 23.0 Å². The van der Waals surface area contributed by atoms with Gasteiger partial charge < -0.3 is 22.9 Å². The van der Waals surface area contributed by atoms with Crippen LogP contribution in [0.5, 0.6) is 0 Å². The number of aromatic nitrogens is 4. The highest BCUT2D eigenvalue weighted by atomic mass is 15.5. The Labute approximate surface area is 116 Å². The van der Waals surface area contributed by atoms with Gasteiger partial charge in [0.2, 0.25) is 0 Å². The molecule has 8 heteroatoms. The second kappa shape index (κ2) is 4.32. The van der Waals surface area contributed by atoms with Crippen molar-refractivity contribution in [1.29, 1.82) is 0 Å². The number of rotatable bonds is 2. The van der Waals surface area contributed by atoms with E-state index < -0.39 is 5.66 Å². The summed E-state index contributed by atoms with van der Waals surface area (Å²) in [4.78, 5) is 0. The molecule has 0 atom stereocenters. The standard InChI is InChI=1S/C12H20N8/c13-8-6-17-19(10(8)15)12(4-2-1-3-5-12)20-11(16)9(14)7-18-20/h6-7H,1-5,13-16H2. The molecule has 20 heavy (non-hydrogen) atoms. The van der Waals surface area contributed by atoms with Gasteiger partial charge in [-0.15, -0.1) is 0 Å². The molecule has 0 bridgehead atoms. The fraction of sp³-hybridized carbons (Fsp3) is 0.500. The van der Waals surface area contributed by atoms with E-state index in [9.17, 15) is 0 Å². The molecule has 2 aromatic heterocycles. The summed E-state index contributed by atoms with van der Waals surface area (Å²) in [5.74, 6) is 0.890. The SMILES string of the molecule is Nc1cnn(C2(n3ncc(N)c3N)CCCCC2)c1N. The molecule has 0 unspecified atom stereocenters. The molecule has 0 radical (unpaired) electrons. The van der Waals surface area contributed by atoms with Crippen LogP contribution in [0.1, 0.15) is 32.1 Å². The molecule has 2 aromatic rings. The van der Waals surface area contributed by atoms with Crippen LogP contribution in [0.3, 0.4) is 0 Å². The maximum absolute atomic E-state index is 6.08. The van der Waals surface area contributed by atoms with Crippen molar-refractivity contribution in [2.45, 2.75) is 37.8 Å². The number of hydrogen-bond donors (Lipinski definition) is 4. The van der Waals surface area contributed by atoms with E-state index in [0.717, 1.165) is 25.7 Å². The molecule has 0 aliphatic heterocycles. The molecule has 0 saturated heterocycles. The average molecular weight is 276 g/mol. The smallest absolute Gasteiger partial charge is 0.158 e. The summed E-state index contributed by atoms with van der Waals surface area (Å²) < 4.78 is 3.48. The van der Waals surface area contributed by atoms with Crippen LogP contribution >= 0.6 is 0 Å². The van der Waals surface area contributed by atoms with Crippen LogP contribution in [-0.2, 0) is 5.66 Å². The van der Waals surface area contributed by atoms with Gasteiger partial charge in [-0.1, -0.05) is 6.42 Å². The minimum absolute atomic E-state index is 0.445. The number of nitrogen functional groups attached to an aromatic ring is 4. The maximum Gasteiger partial charge on any atom is 0.158 e. The van der Waals surface area contributed by atoms with Crippen molar-refractivity contribution in [2.75, 3.05) is 22.9 Å². The van der Waals surface area contributed by atoms with E-state index in [1.807, 2.05) is 0 Å². The first-order valence-corrected chi connectivity index (χ1v) is 6.75. The van der Waals surface area contributed by atoms with Gasteiger partial charge in [-0.25, -0.2) is 9.36 Å². The summed E-state index contributed by atoms with van der Waals surface area (Å²) in [7, 11) is 0. The van der Waals surface area contributed by atoms with Crippen LogP contribution in [0.25, 0.3) is 0 Å². The van der Waals surface area contributed by atoms with E-state index in [0.29, 0.717) is 23.0 Å². The molecule has 1 saturated carbocycles. The third-order valence-electron chi connectivity index (χ3n) is 4.12. The third kappa shape index (κ3) is 1.60. The van der Waals surface area contributed by atoms with Gasteiger partial charge >= 0.3 is 0 Å². The second-order valence-corrected chi connectivity index (χ2v) is 5.34. The van der Waals surface area contributed by atoms with Crippen LogP contribution in [0.4, 0.5) is 23.0 Å². The quantitative estimate of drug-likeness (QED) is 0.632. The number of anilines is 4.